The first-order chi connectivity index (χ1) is 11.0. The summed E-state index contributed by atoms with van der Waals surface area (Å²) in [5.74, 6) is 0.487. The van der Waals surface area contributed by atoms with Crippen LogP contribution in [-0.4, -0.2) is 31.5 Å². The molecule has 2 N–H and O–H groups in total. The summed E-state index contributed by atoms with van der Waals surface area (Å²) in [7, 11) is 0. The average Bonchev–Trinajstić information content (AvgIpc) is 2.50. The third kappa shape index (κ3) is 9.14. The van der Waals surface area contributed by atoms with E-state index in [2.05, 4.69) is 17.2 Å². The monoisotopic (exact) mass is 316 g/mol. The first-order valence-electron chi connectivity index (χ1n) is 7.55. The van der Waals surface area contributed by atoms with Gasteiger partial charge in [-0.3, -0.25) is 9.59 Å². The second-order valence-electron chi connectivity index (χ2n) is 5.23. The van der Waals surface area contributed by atoms with Crippen molar-refractivity contribution in [2.24, 2.45) is 0 Å². The minimum absolute atomic E-state index is 0.111. The number of rotatable bonds is 9. The Kier molecular flexibility index (Phi) is 8.21. The maximum absolute atomic E-state index is 11.6. The maximum Gasteiger partial charge on any atom is 0.244 e. The second kappa shape index (κ2) is 10.2. The largest absolute Gasteiger partial charge is 0.493 e. The van der Waals surface area contributed by atoms with Gasteiger partial charge in [0.15, 0.2) is 0 Å². The van der Waals surface area contributed by atoms with Crippen LogP contribution in [0.15, 0.2) is 42.5 Å². The Morgan fingerprint density at radius 2 is 1.78 bits per heavy atom. The number of nitrogens with one attached hydrogen (secondary N) is 2. The molecule has 23 heavy (non-hydrogen) atoms. The molecule has 1 aromatic carbocycles. The standard InChI is InChI=1S/C18H24N2O3/c1-14(2)10-13-23-17-7-4-16(5-8-17)6-9-18(22)20-12-11-19-15(3)21/h4-9H,1,10-13H2,2-3H3,(H,19,21)(H,20,22)/b9-6+. The van der Waals surface area contributed by atoms with E-state index >= 15 is 0 Å². The van der Waals surface area contributed by atoms with E-state index in [0.717, 1.165) is 23.3 Å². The minimum Gasteiger partial charge on any atom is -0.493 e. The van der Waals surface area contributed by atoms with Crippen LogP contribution in [0.1, 0.15) is 25.8 Å². The molecule has 2 amide bonds. The summed E-state index contributed by atoms with van der Waals surface area (Å²) in [4.78, 5) is 22.3. The van der Waals surface area contributed by atoms with Gasteiger partial charge in [0.2, 0.25) is 11.8 Å². The number of carbonyl (C=O) groups excluding carboxylic acids is 2. The van der Waals surface area contributed by atoms with E-state index in [0.29, 0.717) is 19.7 Å². The van der Waals surface area contributed by atoms with E-state index in [1.54, 1.807) is 6.08 Å². The fraction of sp³-hybridized carbons (Fsp3) is 0.333. The summed E-state index contributed by atoms with van der Waals surface area (Å²) in [5.41, 5.74) is 2.00. The van der Waals surface area contributed by atoms with Gasteiger partial charge in [0.1, 0.15) is 5.75 Å². The molecule has 0 unspecified atom stereocenters. The molecule has 0 radical (unpaired) electrons. The highest BCUT2D eigenvalue weighted by molar-refractivity contribution is 5.91. The fourth-order valence-corrected chi connectivity index (χ4v) is 1.67. The van der Waals surface area contributed by atoms with Crippen molar-refractivity contribution in [1.82, 2.24) is 10.6 Å². The van der Waals surface area contributed by atoms with E-state index < -0.39 is 0 Å². The second-order valence-corrected chi connectivity index (χ2v) is 5.23. The van der Waals surface area contributed by atoms with E-state index in [4.69, 9.17) is 4.74 Å². The predicted octanol–water partition coefficient (Wildman–Crippen LogP) is 2.30. The predicted molar refractivity (Wildman–Crippen MR) is 92.1 cm³/mol. The maximum atomic E-state index is 11.6. The Morgan fingerprint density at radius 3 is 2.39 bits per heavy atom. The summed E-state index contributed by atoms with van der Waals surface area (Å²) in [5, 5.41) is 5.29. The zero-order chi connectivity index (χ0) is 17.1. The molecular formula is C18H24N2O3. The van der Waals surface area contributed by atoms with Gasteiger partial charge in [0, 0.05) is 32.5 Å². The topological polar surface area (TPSA) is 67.4 Å². The molecular weight excluding hydrogens is 292 g/mol. The van der Waals surface area contributed by atoms with Gasteiger partial charge in [-0.2, -0.15) is 0 Å². The Morgan fingerprint density at radius 1 is 1.13 bits per heavy atom. The van der Waals surface area contributed by atoms with Crippen LogP contribution in [0.5, 0.6) is 5.75 Å². The van der Waals surface area contributed by atoms with Crippen molar-refractivity contribution in [2.45, 2.75) is 20.3 Å². The molecule has 1 rings (SSSR count). The molecule has 0 atom stereocenters. The molecule has 0 fully saturated rings. The first-order valence-corrected chi connectivity index (χ1v) is 7.55. The highest BCUT2D eigenvalue weighted by Gasteiger charge is 1.97. The zero-order valence-corrected chi connectivity index (χ0v) is 13.7. The minimum atomic E-state index is -0.197. The van der Waals surface area contributed by atoms with Gasteiger partial charge in [-0.05, 0) is 30.7 Å². The van der Waals surface area contributed by atoms with Crippen LogP contribution >= 0.6 is 0 Å². The normalized spacial score (nSPS) is 10.3. The van der Waals surface area contributed by atoms with Crippen molar-refractivity contribution >= 4 is 17.9 Å². The molecule has 0 spiro atoms. The Balaban J connectivity index is 2.34. The van der Waals surface area contributed by atoms with Crippen LogP contribution in [0.4, 0.5) is 0 Å². The number of hydrogen-bond donors (Lipinski definition) is 2. The lowest BCUT2D eigenvalue weighted by atomic mass is 10.2. The van der Waals surface area contributed by atoms with Crippen molar-refractivity contribution < 1.29 is 14.3 Å². The third-order valence-electron chi connectivity index (χ3n) is 2.90. The Bertz CT molecular complexity index is 562. The van der Waals surface area contributed by atoms with Crippen LogP contribution in [0, 0.1) is 0 Å². The number of amides is 2. The SMILES string of the molecule is C=C(C)CCOc1ccc(/C=C/C(=O)NCCNC(C)=O)cc1. The zero-order valence-electron chi connectivity index (χ0n) is 13.7. The molecule has 0 bridgehead atoms. The van der Waals surface area contributed by atoms with Crippen molar-refractivity contribution in [3.05, 3.63) is 48.1 Å². The van der Waals surface area contributed by atoms with Crippen LogP contribution in [0.2, 0.25) is 0 Å². The molecule has 0 heterocycles. The van der Waals surface area contributed by atoms with Crippen molar-refractivity contribution in [1.29, 1.82) is 0 Å². The van der Waals surface area contributed by atoms with Gasteiger partial charge in [0.05, 0.1) is 6.61 Å². The smallest absolute Gasteiger partial charge is 0.244 e. The van der Waals surface area contributed by atoms with Crippen LogP contribution < -0.4 is 15.4 Å². The van der Waals surface area contributed by atoms with Gasteiger partial charge >= 0.3 is 0 Å². The fourth-order valence-electron chi connectivity index (χ4n) is 1.67. The van der Waals surface area contributed by atoms with Crippen LogP contribution in [0.3, 0.4) is 0 Å². The lowest BCUT2D eigenvalue weighted by Gasteiger charge is -2.06. The molecule has 0 aliphatic heterocycles. The van der Waals surface area contributed by atoms with Crippen LogP contribution in [-0.2, 0) is 9.59 Å². The molecule has 1 aromatic rings. The average molecular weight is 316 g/mol. The quantitative estimate of drug-likeness (QED) is 0.417. The first kappa shape index (κ1) is 18.5. The highest BCUT2D eigenvalue weighted by atomic mass is 16.5. The molecule has 5 heteroatoms. The van der Waals surface area contributed by atoms with Gasteiger partial charge in [-0.15, -0.1) is 6.58 Å². The van der Waals surface area contributed by atoms with Gasteiger partial charge in [0.25, 0.3) is 0 Å². The molecule has 0 saturated heterocycles. The number of carbonyl (C=O) groups is 2. The highest BCUT2D eigenvalue weighted by Crippen LogP contribution is 2.14. The van der Waals surface area contributed by atoms with E-state index in [-0.39, 0.29) is 11.8 Å². The lowest BCUT2D eigenvalue weighted by Crippen LogP contribution is -2.32. The lowest BCUT2D eigenvalue weighted by molar-refractivity contribution is -0.119. The number of hydrogen-bond acceptors (Lipinski definition) is 3. The number of ether oxygens (including phenoxy) is 1. The van der Waals surface area contributed by atoms with E-state index in [1.165, 1.54) is 13.0 Å². The van der Waals surface area contributed by atoms with E-state index in [9.17, 15) is 9.59 Å². The van der Waals surface area contributed by atoms with Gasteiger partial charge in [-0.25, -0.2) is 0 Å². The van der Waals surface area contributed by atoms with Crippen molar-refractivity contribution in [2.75, 3.05) is 19.7 Å². The van der Waals surface area contributed by atoms with Crippen molar-refractivity contribution in [3.63, 3.8) is 0 Å². The summed E-state index contributed by atoms with van der Waals surface area (Å²) >= 11 is 0. The summed E-state index contributed by atoms with van der Waals surface area (Å²) in [6.07, 6.45) is 4.02. The van der Waals surface area contributed by atoms with E-state index in [1.807, 2.05) is 31.2 Å². The Hall–Kier alpha value is -2.56. The van der Waals surface area contributed by atoms with Crippen molar-refractivity contribution in [3.8, 4) is 5.75 Å². The van der Waals surface area contributed by atoms with Gasteiger partial charge < -0.3 is 15.4 Å². The Labute approximate surface area is 137 Å². The molecule has 0 aromatic heterocycles. The van der Waals surface area contributed by atoms with Gasteiger partial charge in [-0.1, -0.05) is 17.7 Å². The summed E-state index contributed by atoms with van der Waals surface area (Å²) in [6, 6.07) is 7.51. The molecule has 0 aliphatic rings. The third-order valence-corrected chi connectivity index (χ3v) is 2.90. The number of benzene rings is 1. The molecule has 0 saturated carbocycles. The summed E-state index contributed by atoms with van der Waals surface area (Å²) in [6.45, 7) is 8.67. The molecule has 5 nitrogen and oxygen atoms in total. The molecule has 124 valence electrons. The summed E-state index contributed by atoms with van der Waals surface area (Å²) < 4.78 is 5.58. The molecule has 0 aliphatic carbocycles. The van der Waals surface area contributed by atoms with Crippen LogP contribution in [0.25, 0.3) is 6.08 Å².